The summed E-state index contributed by atoms with van der Waals surface area (Å²) in [5.74, 6) is 0.903. The molecule has 1 aromatic carbocycles. The lowest BCUT2D eigenvalue weighted by atomic mass is 9.89. The van der Waals surface area contributed by atoms with Gasteiger partial charge in [-0.15, -0.1) is 0 Å². The molecule has 1 saturated carbocycles. The summed E-state index contributed by atoms with van der Waals surface area (Å²) in [6, 6.07) is 6.10. The molecule has 2 aliphatic rings. The Balaban J connectivity index is 1.53. The van der Waals surface area contributed by atoms with E-state index >= 15 is 0 Å². The molecule has 1 amide bonds. The lowest BCUT2D eigenvalue weighted by molar-refractivity contribution is -0.130. The lowest BCUT2D eigenvalue weighted by Gasteiger charge is -2.27. The summed E-state index contributed by atoms with van der Waals surface area (Å²) in [6.07, 6.45) is 12.9. The first-order valence-electron chi connectivity index (χ1n) is 12.2. The fourth-order valence-electron chi connectivity index (χ4n) is 5.01. The van der Waals surface area contributed by atoms with Crippen LogP contribution >= 0.6 is 11.6 Å². The minimum Gasteiger partial charge on any atom is -0.388 e. The summed E-state index contributed by atoms with van der Waals surface area (Å²) in [7, 11) is 0. The number of likely N-dealkylation sites (tertiary alicyclic amines) is 1. The molecule has 0 bridgehead atoms. The van der Waals surface area contributed by atoms with Crippen LogP contribution in [-0.2, 0) is 4.79 Å². The van der Waals surface area contributed by atoms with E-state index in [0.29, 0.717) is 5.92 Å². The van der Waals surface area contributed by atoms with Gasteiger partial charge in [0, 0.05) is 30.4 Å². The predicted octanol–water partition coefficient (Wildman–Crippen LogP) is 6.75. The normalized spacial score (nSPS) is 20.4. The van der Waals surface area contributed by atoms with Crippen LogP contribution in [0, 0.1) is 18.8 Å². The van der Waals surface area contributed by atoms with E-state index < -0.39 is 0 Å². The zero-order valence-corrected chi connectivity index (χ0v) is 20.1. The molecule has 1 unspecified atom stereocenters. The number of nitrogens with one attached hydrogen (secondary N) is 1. The summed E-state index contributed by atoms with van der Waals surface area (Å²) < 4.78 is 0. The Morgan fingerprint density at radius 3 is 2.77 bits per heavy atom. The van der Waals surface area contributed by atoms with E-state index in [1.165, 1.54) is 48.8 Å². The molecule has 2 fully saturated rings. The van der Waals surface area contributed by atoms with Crippen molar-refractivity contribution in [1.29, 1.82) is 0 Å². The van der Waals surface area contributed by atoms with Crippen molar-refractivity contribution >= 4 is 23.1 Å². The molecule has 1 aromatic rings. The number of unbranched alkanes of at least 4 members (excludes halogenated alkanes) is 1. The molecule has 1 aliphatic carbocycles. The third-order valence-corrected chi connectivity index (χ3v) is 7.13. The number of hydrogen-bond donors (Lipinski definition) is 1. The van der Waals surface area contributed by atoms with Gasteiger partial charge < -0.3 is 10.2 Å². The first kappa shape index (κ1) is 23.9. The van der Waals surface area contributed by atoms with E-state index in [9.17, 15) is 4.79 Å². The molecular formula is C27H39ClN2O. The van der Waals surface area contributed by atoms with Crippen LogP contribution in [0.4, 0.5) is 0 Å². The zero-order valence-electron chi connectivity index (χ0n) is 19.4. The summed E-state index contributed by atoms with van der Waals surface area (Å²) in [4.78, 5) is 15.1. The molecule has 0 aromatic heterocycles. The number of allylic oxidation sites excluding steroid dienone is 1. The maximum Gasteiger partial charge on any atom is 0.231 e. The summed E-state index contributed by atoms with van der Waals surface area (Å²) in [5.41, 5.74) is 4.67. The van der Waals surface area contributed by atoms with E-state index in [0.717, 1.165) is 56.0 Å². The highest BCUT2D eigenvalue weighted by Gasteiger charge is 2.34. The largest absolute Gasteiger partial charge is 0.388 e. The maximum atomic E-state index is 13.0. The monoisotopic (exact) mass is 442 g/mol. The number of halogens is 1. The van der Waals surface area contributed by atoms with Crippen LogP contribution < -0.4 is 5.32 Å². The molecule has 1 atom stereocenters. The number of benzene rings is 1. The van der Waals surface area contributed by atoms with Gasteiger partial charge in [-0.05, 0) is 73.8 Å². The van der Waals surface area contributed by atoms with Crippen molar-refractivity contribution in [3.05, 3.63) is 52.7 Å². The third kappa shape index (κ3) is 6.62. The van der Waals surface area contributed by atoms with Crippen molar-refractivity contribution in [2.24, 2.45) is 11.8 Å². The number of amides is 1. The fraction of sp³-hybridized carbons (Fsp3) is 0.593. The molecule has 1 N–H and O–H groups in total. The van der Waals surface area contributed by atoms with Gasteiger partial charge in [0.15, 0.2) is 0 Å². The van der Waals surface area contributed by atoms with Crippen LogP contribution in [0.2, 0.25) is 5.02 Å². The second-order valence-corrected chi connectivity index (χ2v) is 9.75. The minimum absolute atomic E-state index is 0.0698. The molecule has 31 heavy (non-hydrogen) atoms. The number of hydrogen-bond acceptors (Lipinski definition) is 2. The van der Waals surface area contributed by atoms with Crippen LogP contribution in [-0.4, -0.2) is 30.4 Å². The van der Waals surface area contributed by atoms with E-state index in [2.05, 4.69) is 48.9 Å². The van der Waals surface area contributed by atoms with Gasteiger partial charge in [-0.3, -0.25) is 4.79 Å². The Morgan fingerprint density at radius 2 is 2.03 bits per heavy atom. The zero-order chi connectivity index (χ0) is 22.2. The van der Waals surface area contributed by atoms with Crippen molar-refractivity contribution in [2.45, 2.75) is 71.6 Å². The molecule has 0 spiro atoms. The number of rotatable bonds is 10. The molecular weight excluding hydrogens is 404 g/mol. The topological polar surface area (TPSA) is 32.3 Å². The predicted molar refractivity (Wildman–Crippen MR) is 132 cm³/mol. The van der Waals surface area contributed by atoms with Gasteiger partial charge in [0.2, 0.25) is 5.91 Å². The second kappa shape index (κ2) is 11.8. The Hall–Kier alpha value is -1.74. The van der Waals surface area contributed by atoms with E-state index in [1.54, 1.807) is 0 Å². The maximum absolute atomic E-state index is 13.0. The van der Waals surface area contributed by atoms with E-state index in [-0.39, 0.29) is 11.8 Å². The van der Waals surface area contributed by atoms with Crippen molar-refractivity contribution in [3.63, 3.8) is 0 Å². The third-order valence-electron chi connectivity index (χ3n) is 6.89. The number of nitrogens with zero attached hydrogens (tertiary/aromatic N) is 1. The van der Waals surface area contributed by atoms with Gasteiger partial charge in [0.1, 0.15) is 0 Å². The summed E-state index contributed by atoms with van der Waals surface area (Å²) in [6.45, 7) is 11.2. The summed E-state index contributed by atoms with van der Waals surface area (Å²) in [5, 5.41) is 4.25. The SMILES string of the molecule is C=C(NCC/C(=C/CCC)c1cc(Cl)ccc1C)C1CCN(CC2CCCCC2)C1=O. The first-order valence-corrected chi connectivity index (χ1v) is 12.5. The van der Waals surface area contributed by atoms with Crippen LogP contribution in [0.3, 0.4) is 0 Å². The Bertz CT molecular complexity index is 794. The Kier molecular flexibility index (Phi) is 9.07. The van der Waals surface area contributed by atoms with Crippen LogP contribution in [0.5, 0.6) is 0 Å². The van der Waals surface area contributed by atoms with Gasteiger partial charge in [-0.2, -0.15) is 0 Å². The van der Waals surface area contributed by atoms with Gasteiger partial charge in [-0.25, -0.2) is 0 Å². The summed E-state index contributed by atoms with van der Waals surface area (Å²) >= 11 is 6.27. The van der Waals surface area contributed by atoms with Crippen molar-refractivity contribution < 1.29 is 4.79 Å². The van der Waals surface area contributed by atoms with Gasteiger partial charge in [0.05, 0.1) is 5.92 Å². The molecule has 1 heterocycles. The quantitative estimate of drug-likeness (QED) is 0.434. The van der Waals surface area contributed by atoms with E-state index in [4.69, 9.17) is 11.6 Å². The smallest absolute Gasteiger partial charge is 0.231 e. The van der Waals surface area contributed by atoms with Crippen molar-refractivity contribution in [1.82, 2.24) is 10.2 Å². The lowest BCUT2D eigenvalue weighted by Crippen LogP contribution is -2.34. The van der Waals surface area contributed by atoms with Gasteiger partial charge in [-0.1, -0.05) is 62.9 Å². The number of carbonyl (C=O) groups is 1. The Morgan fingerprint density at radius 1 is 1.26 bits per heavy atom. The molecule has 170 valence electrons. The first-order chi connectivity index (χ1) is 15.0. The number of aryl methyl sites for hydroxylation is 1. The molecule has 3 rings (SSSR count). The molecule has 0 radical (unpaired) electrons. The Labute approximate surface area is 193 Å². The molecule has 3 nitrogen and oxygen atoms in total. The van der Waals surface area contributed by atoms with Crippen LogP contribution in [0.15, 0.2) is 36.6 Å². The number of carbonyl (C=O) groups excluding carboxylic acids is 1. The van der Waals surface area contributed by atoms with Gasteiger partial charge >= 0.3 is 0 Å². The van der Waals surface area contributed by atoms with Gasteiger partial charge in [0.25, 0.3) is 0 Å². The minimum atomic E-state index is -0.0698. The highest BCUT2D eigenvalue weighted by atomic mass is 35.5. The van der Waals surface area contributed by atoms with Crippen molar-refractivity contribution in [3.8, 4) is 0 Å². The van der Waals surface area contributed by atoms with Crippen LogP contribution in [0.25, 0.3) is 5.57 Å². The average molecular weight is 443 g/mol. The standard InChI is InChI=1S/C27H39ClN2O/c1-4-5-11-23(26-18-24(28)13-12-20(26)2)14-16-29-21(3)25-15-17-30(27(25)31)19-22-9-7-6-8-10-22/h11-13,18,22,25,29H,3-10,14-17,19H2,1-2H3/b23-11-. The highest BCUT2D eigenvalue weighted by Crippen LogP contribution is 2.30. The molecule has 1 saturated heterocycles. The second-order valence-electron chi connectivity index (χ2n) is 9.31. The molecule has 4 heteroatoms. The average Bonchev–Trinajstić information content (AvgIpc) is 3.13. The fourth-order valence-corrected chi connectivity index (χ4v) is 5.18. The van der Waals surface area contributed by atoms with Crippen LogP contribution in [0.1, 0.15) is 75.8 Å². The molecule has 1 aliphatic heterocycles. The van der Waals surface area contributed by atoms with Crippen molar-refractivity contribution in [2.75, 3.05) is 19.6 Å². The highest BCUT2D eigenvalue weighted by molar-refractivity contribution is 6.30. The van der Waals surface area contributed by atoms with E-state index in [1.807, 2.05) is 6.07 Å².